The average molecular weight is 308 g/mol. The first-order valence-electron chi connectivity index (χ1n) is 7.41. The van der Waals surface area contributed by atoms with E-state index in [1.54, 1.807) is 6.07 Å². The molecule has 1 aromatic carbocycles. The maximum Gasteiger partial charge on any atom is 1.00 e. The average Bonchev–Trinajstić information content (AvgIpc) is 2.55. The molecule has 0 amide bonds. The number of hydrogen-bond acceptors (Lipinski definition) is 4. The maximum atomic E-state index is 11.7. The monoisotopic (exact) mass is 308 g/mol. The Balaban J connectivity index is 0.000000599. The first kappa shape index (κ1) is 21.7. The molecule has 0 fully saturated rings. The molecule has 0 bridgehead atoms. The predicted molar refractivity (Wildman–Crippen MR) is 93.7 cm³/mol. The fourth-order valence-electron chi connectivity index (χ4n) is 1.61. The predicted octanol–water partition coefficient (Wildman–Crippen LogP) is -0.460. The summed E-state index contributed by atoms with van der Waals surface area (Å²) in [4.78, 5) is 20.7. The Labute approximate surface area is 151 Å². The van der Waals surface area contributed by atoms with Crippen LogP contribution in [0, 0.1) is 20.8 Å². The van der Waals surface area contributed by atoms with Crippen molar-refractivity contribution in [1.29, 1.82) is 0 Å². The fourth-order valence-corrected chi connectivity index (χ4v) is 1.61. The third-order valence-electron chi connectivity index (χ3n) is 3.10. The zero-order chi connectivity index (χ0) is 16.4. The van der Waals surface area contributed by atoms with Gasteiger partial charge in [-0.15, -0.1) is 13.1 Å². The van der Waals surface area contributed by atoms with E-state index >= 15 is 0 Å². The summed E-state index contributed by atoms with van der Waals surface area (Å²) in [5, 5.41) is 3.69. The van der Waals surface area contributed by atoms with E-state index in [9.17, 15) is 4.79 Å². The van der Waals surface area contributed by atoms with Crippen molar-refractivity contribution in [2.45, 2.75) is 12.8 Å². The summed E-state index contributed by atoms with van der Waals surface area (Å²) in [7, 11) is 1.99. The van der Waals surface area contributed by atoms with Gasteiger partial charge >= 0.3 is 18.9 Å². The molecule has 6 heteroatoms. The number of benzene rings is 1. The second kappa shape index (κ2) is 12.2. The molecule has 0 atom stereocenters. The number of nitrogens with one attached hydrogen (secondary N) is 2. The van der Waals surface area contributed by atoms with Crippen LogP contribution in [0.25, 0.3) is 10.9 Å². The number of hydrogen-bond donors (Lipinski definition) is 2. The SMILES string of the molecule is [CH2-]CCCNc1nc2ccccc2c(=O)[nH]1.[CH2-]CN(C)C[CH2-].[Li+]. The van der Waals surface area contributed by atoms with Crippen LogP contribution in [-0.4, -0.2) is 41.5 Å². The number of rotatable bonds is 6. The molecule has 0 aliphatic heterocycles. The van der Waals surface area contributed by atoms with Crippen LogP contribution in [0.1, 0.15) is 12.8 Å². The van der Waals surface area contributed by atoms with Crippen LogP contribution in [0.5, 0.6) is 0 Å². The van der Waals surface area contributed by atoms with Crippen molar-refractivity contribution >= 4 is 16.9 Å². The topological polar surface area (TPSA) is 61.0 Å². The van der Waals surface area contributed by atoms with E-state index in [0.717, 1.165) is 32.5 Å². The fraction of sp³-hybridized carbons (Fsp3) is 0.353. The quantitative estimate of drug-likeness (QED) is 0.431. The molecule has 0 aliphatic carbocycles. The van der Waals surface area contributed by atoms with Gasteiger partial charge in [0.05, 0.1) is 10.9 Å². The van der Waals surface area contributed by atoms with Gasteiger partial charge in [-0.2, -0.15) is 6.42 Å². The molecule has 2 rings (SSSR count). The number of anilines is 1. The van der Waals surface area contributed by atoms with Crippen LogP contribution < -0.4 is 29.7 Å². The van der Waals surface area contributed by atoms with Crippen LogP contribution in [0.4, 0.5) is 5.95 Å². The van der Waals surface area contributed by atoms with Crippen LogP contribution in [0.2, 0.25) is 0 Å². The number of aromatic amines is 1. The van der Waals surface area contributed by atoms with Crippen molar-refractivity contribution in [2.75, 3.05) is 32.0 Å². The van der Waals surface area contributed by atoms with Gasteiger partial charge < -0.3 is 31.0 Å². The van der Waals surface area contributed by atoms with Crippen molar-refractivity contribution in [3.8, 4) is 0 Å². The van der Waals surface area contributed by atoms with Gasteiger partial charge in [-0.3, -0.25) is 9.78 Å². The standard InChI is InChI=1S/C12H14N3O.C5H11N.Li/c1-2-3-8-13-12-14-10-7-5-4-6-9(10)11(16)15-12;1-4-6(3)5-2;/h4-7H,1-3,8H2,(H2,13,14,15,16);1-2,4-5H2,3H3;/q-1;-2;+1. The first-order chi connectivity index (χ1) is 10.6. The molecule has 2 N–H and O–H groups in total. The van der Waals surface area contributed by atoms with Crippen molar-refractivity contribution in [3.63, 3.8) is 0 Å². The molecule has 2 aromatic rings. The number of aromatic nitrogens is 2. The Morgan fingerprint density at radius 2 is 1.87 bits per heavy atom. The minimum absolute atomic E-state index is 0. The normalized spacial score (nSPS) is 9.96. The molecule has 0 spiro atoms. The molecule has 1 heterocycles. The molecule has 1 aromatic heterocycles. The summed E-state index contributed by atoms with van der Waals surface area (Å²) < 4.78 is 0. The minimum Gasteiger partial charge on any atom is -0.365 e. The molecule has 122 valence electrons. The number of fused-ring (bicyclic) bond motifs is 1. The van der Waals surface area contributed by atoms with Gasteiger partial charge in [0.15, 0.2) is 0 Å². The molecule has 0 radical (unpaired) electrons. The smallest absolute Gasteiger partial charge is 0.365 e. The zero-order valence-corrected chi connectivity index (χ0v) is 14.3. The molecule has 0 aliphatic rings. The summed E-state index contributed by atoms with van der Waals surface area (Å²) in [6.45, 7) is 13.5. The van der Waals surface area contributed by atoms with Crippen molar-refractivity contribution in [3.05, 3.63) is 55.4 Å². The molecule has 0 saturated heterocycles. The second-order valence-corrected chi connectivity index (χ2v) is 4.87. The van der Waals surface area contributed by atoms with Gasteiger partial charge in [-0.1, -0.05) is 18.6 Å². The Kier molecular flexibility index (Phi) is 11.5. The third kappa shape index (κ3) is 7.69. The summed E-state index contributed by atoms with van der Waals surface area (Å²) in [6, 6.07) is 7.29. The van der Waals surface area contributed by atoms with Crippen LogP contribution >= 0.6 is 0 Å². The maximum absolute atomic E-state index is 11.7. The molecular weight excluding hydrogens is 283 g/mol. The van der Waals surface area contributed by atoms with Crippen molar-refractivity contribution in [1.82, 2.24) is 14.9 Å². The Morgan fingerprint density at radius 1 is 1.22 bits per heavy atom. The van der Waals surface area contributed by atoms with E-state index < -0.39 is 0 Å². The van der Waals surface area contributed by atoms with Gasteiger partial charge in [0.25, 0.3) is 5.56 Å². The Morgan fingerprint density at radius 3 is 2.43 bits per heavy atom. The van der Waals surface area contributed by atoms with E-state index in [0.29, 0.717) is 16.9 Å². The number of unbranched alkanes of at least 4 members (excludes halogenated alkanes) is 1. The van der Waals surface area contributed by atoms with E-state index in [-0.39, 0.29) is 24.4 Å². The number of para-hydroxylation sites is 1. The van der Waals surface area contributed by atoms with E-state index in [4.69, 9.17) is 0 Å². The summed E-state index contributed by atoms with van der Waals surface area (Å²) in [6.07, 6.45) is 1.82. The van der Waals surface area contributed by atoms with Crippen LogP contribution in [-0.2, 0) is 0 Å². The zero-order valence-electron chi connectivity index (χ0n) is 14.3. The van der Waals surface area contributed by atoms with Crippen LogP contribution in [0.15, 0.2) is 29.1 Å². The Bertz CT molecular complexity index is 611. The molecule has 23 heavy (non-hydrogen) atoms. The Hall–Kier alpha value is -1.28. The van der Waals surface area contributed by atoms with Gasteiger partial charge in [-0.05, 0) is 19.2 Å². The summed E-state index contributed by atoms with van der Waals surface area (Å²) in [5.41, 5.74) is 0.603. The van der Waals surface area contributed by atoms with Crippen molar-refractivity contribution < 1.29 is 18.9 Å². The third-order valence-corrected chi connectivity index (χ3v) is 3.10. The van der Waals surface area contributed by atoms with Gasteiger partial charge in [0.2, 0.25) is 5.95 Å². The molecule has 5 nitrogen and oxygen atoms in total. The van der Waals surface area contributed by atoms with Gasteiger partial charge in [0.1, 0.15) is 0 Å². The van der Waals surface area contributed by atoms with Gasteiger partial charge in [-0.25, -0.2) is 4.98 Å². The molecule has 0 unspecified atom stereocenters. The molecular formula is C17H25LiN4O-2. The first-order valence-corrected chi connectivity index (χ1v) is 7.41. The van der Waals surface area contributed by atoms with Crippen molar-refractivity contribution in [2.24, 2.45) is 0 Å². The summed E-state index contributed by atoms with van der Waals surface area (Å²) >= 11 is 0. The minimum atomic E-state index is -0.109. The largest absolute Gasteiger partial charge is 1.00 e. The second-order valence-electron chi connectivity index (χ2n) is 4.87. The summed E-state index contributed by atoms with van der Waals surface area (Å²) in [5.74, 6) is 0.525. The number of nitrogens with zero attached hydrogens (tertiary/aromatic N) is 2. The van der Waals surface area contributed by atoms with E-state index in [1.165, 1.54) is 0 Å². The molecule has 0 saturated carbocycles. The van der Waals surface area contributed by atoms with E-state index in [1.807, 2.05) is 30.1 Å². The van der Waals surface area contributed by atoms with Gasteiger partial charge in [0, 0.05) is 6.54 Å². The van der Waals surface area contributed by atoms with E-state index in [2.05, 4.69) is 36.1 Å². The van der Waals surface area contributed by atoms with Crippen LogP contribution in [0.3, 0.4) is 0 Å². The number of H-pyrrole nitrogens is 1.